The summed E-state index contributed by atoms with van der Waals surface area (Å²) in [4.78, 5) is 2.59. The van der Waals surface area contributed by atoms with Crippen LogP contribution in [0.2, 0.25) is 0 Å². The molecule has 1 heterocycles. The van der Waals surface area contributed by atoms with Gasteiger partial charge in [-0.25, -0.2) is 0 Å². The highest BCUT2D eigenvalue weighted by atomic mass is 16.5. The van der Waals surface area contributed by atoms with Gasteiger partial charge in [0.05, 0.1) is 6.61 Å². The molecule has 1 N–H and O–H groups in total. The molecule has 3 rings (SSSR count). The average Bonchev–Trinajstić information content (AvgIpc) is 3.28. The molecule has 0 atom stereocenters. The minimum Gasteiger partial charge on any atom is -0.385 e. The van der Waals surface area contributed by atoms with Gasteiger partial charge in [0.1, 0.15) is 0 Å². The number of benzene rings is 1. The number of nitrogens with one attached hydrogen (secondary N) is 1. The predicted molar refractivity (Wildman–Crippen MR) is 78.6 cm³/mol. The van der Waals surface area contributed by atoms with Gasteiger partial charge in [0, 0.05) is 38.5 Å². The molecule has 104 valence electrons. The molecule has 0 spiro atoms. The summed E-state index contributed by atoms with van der Waals surface area (Å²) in [6, 6.07) is 7.50. The normalized spacial score (nSPS) is 18.2. The highest BCUT2D eigenvalue weighted by Gasteiger charge is 2.29. The molecule has 1 aliphatic carbocycles. The first-order valence-corrected chi connectivity index (χ1v) is 7.46. The lowest BCUT2D eigenvalue weighted by atomic mass is 9.97. The molecule has 1 aromatic rings. The van der Waals surface area contributed by atoms with Crippen LogP contribution in [-0.2, 0) is 17.7 Å². The first-order valence-electron chi connectivity index (χ1n) is 7.46. The Morgan fingerprint density at radius 3 is 3.05 bits per heavy atom. The molecule has 1 aromatic carbocycles. The number of rotatable bonds is 6. The van der Waals surface area contributed by atoms with Crippen molar-refractivity contribution >= 4 is 5.69 Å². The molecule has 0 bridgehead atoms. The summed E-state index contributed by atoms with van der Waals surface area (Å²) in [6.45, 7) is 4.09. The topological polar surface area (TPSA) is 24.5 Å². The smallest absolute Gasteiger partial charge is 0.0589 e. The molecule has 19 heavy (non-hydrogen) atoms. The van der Waals surface area contributed by atoms with E-state index in [9.17, 15) is 0 Å². The van der Waals surface area contributed by atoms with Crippen LogP contribution >= 0.6 is 0 Å². The lowest BCUT2D eigenvalue weighted by Gasteiger charge is -2.26. The van der Waals surface area contributed by atoms with E-state index in [-0.39, 0.29) is 0 Å². The van der Waals surface area contributed by atoms with E-state index in [1.165, 1.54) is 42.5 Å². The Kier molecular flexibility index (Phi) is 4.04. The van der Waals surface area contributed by atoms with Crippen LogP contribution in [0.3, 0.4) is 0 Å². The van der Waals surface area contributed by atoms with E-state index in [0.717, 1.165) is 32.3 Å². The number of anilines is 1. The van der Waals surface area contributed by atoms with Crippen LogP contribution in [0.5, 0.6) is 0 Å². The number of hydrogen-bond donors (Lipinski definition) is 1. The van der Waals surface area contributed by atoms with Gasteiger partial charge in [-0.2, -0.15) is 0 Å². The Hall–Kier alpha value is -1.06. The van der Waals surface area contributed by atoms with Crippen molar-refractivity contribution in [3.05, 3.63) is 29.3 Å². The van der Waals surface area contributed by atoms with E-state index in [4.69, 9.17) is 4.74 Å². The SMILES string of the molecule is COCCN(Cc1cccc2c1CCCN2)C1CC1. The van der Waals surface area contributed by atoms with Crippen LogP contribution < -0.4 is 5.32 Å². The van der Waals surface area contributed by atoms with Gasteiger partial charge in [-0.15, -0.1) is 0 Å². The molecule has 1 saturated carbocycles. The number of methoxy groups -OCH3 is 1. The molecule has 3 heteroatoms. The van der Waals surface area contributed by atoms with Crippen molar-refractivity contribution in [1.82, 2.24) is 4.90 Å². The van der Waals surface area contributed by atoms with Crippen LogP contribution in [0, 0.1) is 0 Å². The second kappa shape index (κ2) is 5.93. The third kappa shape index (κ3) is 3.10. The zero-order chi connectivity index (χ0) is 13.1. The Morgan fingerprint density at radius 1 is 1.37 bits per heavy atom. The van der Waals surface area contributed by atoms with Crippen LogP contribution in [0.4, 0.5) is 5.69 Å². The van der Waals surface area contributed by atoms with Crippen molar-refractivity contribution in [2.45, 2.75) is 38.3 Å². The largest absolute Gasteiger partial charge is 0.385 e. The van der Waals surface area contributed by atoms with Crippen molar-refractivity contribution in [1.29, 1.82) is 0 Å². The third-order valence-corrected chi connectivity index (χ3v) is 4.21. The number of ether oxygens (including phenoxy) is 1. The molecule has 1 fully saturated rings. The molecule has 0 radical (unpaired) electrons. The van der Waals surface area contributed by atoms with E-state index < -0.39 is 0 Å². The van der Waals surface area contributed by atoms with E-state index in [1.807, 2.05) is 0 Å². The maximum atomic E-state index is 5.25. The van der Waals surface area contributed by atoms with E-state index in [2.05, 4.69) is 28.4 Å². The van der Waals surface area contributed by atoms with Gasteiger partial charge < -0.3 is 10.1 Å². The monoisotopic (exact) mass is 260 g/mol. The summed E-state index contributed by atoms with van der Waals surface area (Å²) < 4.78 is 5.25. The van der Waals surface area contributed by atoms with Crippen LogP contribution in [0.25, 0.3) is 0 Å². The van der Waals surface area contributed by atoms with Gasteiger partial charge in [0.2, 0.25) is 0 Å². The first-order chi connectivity index (χ1) is 9.38. The van der Waals surface area contributed by atoms with E-state index >= 15 is 0 Å². The average molecular weight is 260 g/mol. The maximum Gasteiger partial charge on any atom is 0.0589 e. The lowest BCUT2D eigenvalue weighted by molar-refractivity contribution is 0.139. The van der Waals surface area contributed by atoms with Gasteiger partial charge in [0.25, 0.3) is 0 Å². The van der Waals surface area contributed by atoms with Gasteiger partial charge in [-0.05, 0) is 42.9 Å². The summed E-state index contributed by atoms with van der Waals surface area (Å²) in [6.07, 6.45) is 5.20. The number of nitrogens with zero attached hydrogens (tertiary/aromatic N) is 1. The molecular formula is C16H24N2O. The molecule has 0 aromatic heterocycles. The van der Waals surface area contributed by atoms with Crippen LogP contribution in [0.15, 0.2) is 18.2 Å². The van der Waals surface area contributed by atoms with Crippen molar-refractivity contribution in [2.24, 2.45) is 0 Å². The highest BCUT2D eigenvalue weighted by Crippen LogP contribution is 2.31. The highest BCUT2D eigenvalue weighted by molar-refractivity contribution is 5.56. The van der Waals surface area contributed by atoms with Crippen LogP contribution in [0.1, 0.15) is 30.4 Å². The fourth-order valence-corrected chi connectivity index (χ4v) is 2.99. The molecule has 0 unspecified atom stereocenters. The van der Waals surface area contributed by atoms with Crippen molar-refractivity contribution in [3.8, 4) is 0 Å². The standard InChI is InChI=1S/C16H24N2O/c1-19-11-10-18(14-7-8-14)12-13-4-2-6-16-15(13)5-3-9-17-16/h2,4,6,14,17H,3,5,7-12H2,1H3. The molecule has 3 nitrogen and oxygen atoms in total. The summed E-state index contributed by atoms with van der Waals surface area (Å²) >= 11 is 0. The lowest BCUT2D eigenvalue weighted by Crippen LogP contribution is -2.30. The summed E-state index contributed by atoms with van der Waals surface area (Å²) in [5, 5.41) is 3.52. The zero-order valence-corrected chi connectivity index (χ0v) is 11.8. The Labute approximate surface area is 115 Å². The molecule has 0 saturated heterocycles. The van der Waals surface area contributed by atoms with E-state index in [1.54, 1.807) is 7.11 Å². The van der Waals surface area contributed by atoms with Crippen molar-refractivity contribution in [2.75, 3.05) is 32.1 Å². The quantitative estimate of drug-likeness (QED) is 0.851. The Morgan fingerprint density at radius 2 is 2.26 bits per heavy atom. The fraction of sp³-hybridized carbons (Fsp3) is 0.625. The maximum absolute atomic E-state index is 5.25. The van der Waals surface area contributed by atoms with Gasteiger partial charge in [-0.1, -0.05) is 12.1 Å². The van der Waals surface area contributed by atoms with Gasteiger partial charge >= 0.3 is 0 Å². The minimum atomic E-state index is 0.794. The minimum absolute atomic E-state index is 0.794. The molecule has 1 aliphatic heterocycles. The Balaban J connectivity index is 1.73. The molecule has 0 amide bonds. The number of hydrogen-bond acceptors (Lipinski definition) is 3. The number of fused-ring (bicyclic) bond motifs is 1. The molecule has 2 aliphatic rings. The second-order valence-corrected chi connectivity index (χ2v) is 5.67. The Bertz CT molecular complexity index is 429. The third-order valence-electron chi connectivity index (χ3n) is 4.21. The second-order valence-electron chi connectivity index (χ2n) is 5.67. The van der Waals surface area contributed by atoms with Gasteiger partial charge in [-0.3, -0.25) is 4.90 Å². The van der Waals surface area contributed by atoms with Crippen molar-refractivity contribution < 1.29 is 4.74 Å². The van der Waals surface area contributed by atoms with Crippen molar-refractivity contribution in [3.63, 3.8) is 0 Å². The summed E-state index contributed by atoms with van der Waals surface area (Å²) in [5.74, 6) is 0. The van der Waals surface area contributed by atoms with E-state index in [0.29, 0.717) is 0 Å². The fourth-order valence-electron chi connectivity index (χ4n) is 2.99. The van der Waals surface area contributed by atoms with Crippen LogP contribution in [-0.4, -0.2) is 37.7 Å². The zero-order valence-electron chi connectivity index (χ0n) is 11.8. The molecular weight excluding hydrogens is 236 g/mol. The first kappa shape index (κ1) is 12.9. The summed E-state index contributed by atoms with van der Waals surface area (Å²) in [5.41, 5.74) is 4.40. The predicted octanol–water partition coefficient (Wildman–Crippen LogP) is 2.66. The summed E-state index contributed by atoms with van der Waals surface area (Å²) in [7, 11) is 1.79. The van der Waals surface area contributed by atoms with Gasteiger partial charge in [0.15, 0.2) is 0 Å².